The van der Waals surface area contributed by atoms with Gasteiger partial charge in [0.05, 0.1) is 86.1 Å². The molecule has 0 rings (SSSR count). The van der Waals surface area contributed by atoms with Crippen LogP contribution in [0.25, 0.3) is 0 Å². The van der Waals surface area contributed by atoms with Crippen molar-refractivity contribution in [2.24, 2.45) is 0 Å². The first kappa shape index (κ1) is 93.2. The Bertz CT molecular complexity index is 1630. The minimum atomic E-state index is -4.39. The maximum Gasteiger partial charge on any atom is 0.501 e. The summed E-state index contributed by atoms with van der Waals surface area (Å²) in [6.45, 7) is 8.28. The molecule has 0 radical (unpaired) electrons. The number of carbonyl (C=O) groups is 3. The van der Waals surface area contributed by atoms with Crippen LogP contribution in [0.1, 0.15) is 375 Å². The Hall–Kier alpha value is -1.77. The highest BCUT2D eigenvalue weighted by Gasteiger charge is 2.49. The highest BCUT2D eigenvalue weighted by molar-refractivity contribution is 6.60. The molecule has 9 N–H and O–H groups in total. The molecule has 0 aromatic rings. The number of nitrogens with zero attached hydrogens (tertiary/aromatic N) is 1. The van der Waals surface area contributed by atoms with E-state index < -0.39 is 84.9 Å². The second-order valence-corrected chi connectivity index (χ2v) is 32.4. The maximum atomic E-state index is 13.9. The van der Waals surface area contributed by atoms with Crippen LogP contribution in [0, 0.1) is 0 Å². The summed E-state index contributed by atoms with van der Waals surface area (Å²) in [7, 11) is -2.08. The van der Waals surface area contributed by atoms with Gasteiger partial charge < -0.3 is 64.4 Å². The summed E-state index contributed by atoms with van der Waals surface area (Å²) in [6, 6.07) is 0.133. The van der Waals surface area contributed by atoms with Crippen molar-refractivity contribution in [2.75, 3.05) is 86.1 Å². The molecule has 0 aromatic carbocycles. The Labute approximate surface area is 586 Å². The van der Waals surface area contributed by atoms with Gasteiger partial charge in [-0.2, -0.15) is 0 Å². The topological polar surface area (TPSA) is 236 Å². The SMILES string of the molecule is CCCCCCCCCCCCCCCC(=O)NC(CO)(CO)CO[Si](CCC[N+](C)(CCCCCCCCC)CCCCCCCCC)(OCC(CO)(CO)NC(=O)CCCCCCCCCCCCC)OCC(CO)(CO)NC(=O)CCCCCCCCCCCCC. The molecule has 0 aliphatic rings. The summed E-state index contributed by atoms with van der Waals surface area (Å²) in [6.07, 6.45) is 57.6. The molecule has 17 heteroatoms. The third kappa shape index (κ3) is 51.1. The number of hydrogen-bond acceptors (Lipinski definition) is 12. The fourth-order valence-electron chi connectivity index (χ4n) is 13.0. The van der Waals surface area contributed by atoms with Crippen LogP contribution < -0.4 is 16.0 Å². The Morgan fingerprint density at radius 3 is 0.663 bits per heavy atom. The number of amides is 3. The van der Waals surface area contributed by atoms with Gasteiger partial charge in [-0.25, -0.2) is 0 Å². The highest BCUT2D eigenvalue weighted by atomic mass is 28.4. The molecule has 0 aromatic heterocycles. The number of hydrogen-bond donors (Lipinski definition) is 9. The monoisotopic (exact) mass is 1370 g/mol. The van der Waals surface area contributed by atoms with Gasteiger partial charge in [-0.3, -0.25) is 14.4 Å². The van der Waals surface area contributed by atoms with Crippen molar-refractivity contribution in [3.63, 3.8) is 0 Å². The second kappa shape index (κ2) is 64.3. The molecule has 0 unspecified atom stereocenters. The van der Waals surface area contributed by atoms with Crippen LogP contribution in [0.15, 0.2) is 0 Å². The molecule has 0 aliphatic carbocycles. The number of aliphatic hydroxyl groups is 6. The lowest BCUT2D eigenvalue weighted by Crippen LogP contribution is -2.65. The normalized spacial score (nSPS) is 12.5. The number of unbranched alkanes of at least 4 members (excludes halogenated alkanes) is 44. The summed E-state index contributed by atoms with van der Waals surface area (Å²) >= 11 is 0. The standard InChI is InChI=1S/C78H158N4O12Si/c1-7-12-17-22-27-30-33-34-37-40-43-48-53-59-75(91)81-78(68-87,69-88)72-94-95(63-56-62-82(6,60-54-49-44-25-20-15-10-4)61-55-50-45-26-21-16-11-5,92-70-76(64-83,65-84)79-73(89)57-51-46-41-38-35-31-28-23-18-13-8-2)93-71-77(66-85,67-86)80-74(90)58-52-47-42-39-36-32-29-24-19-14-9-3/h83-88H,7-72H2,1-6H3,(H2-,79,80,81,89,90,91)/p+1. The zero-order valence-corrected chi connectivity index (χ0v) is 64.2. The van der Waals surface area contributed by atoms with E-state index in [1.165, 1.54) is 212 Å². The van der Waals surface area contributed by atoms with Crippen molar-refractivity contribution in [2.45, 2.75) is 398 Å². The molecule has 566 valence electrons. The average molecular weight is 1370 g/mol. The number of carbonyl (C=O) groups excluding carboxylic acids is 3. The molecule has 16 nitrogen and oxygen atoms in total. The minimum Gasteiger partial charge on any atom is -0.394 e. The van der Waals surface area contributed by atoms with Crippen LogP contribution in [0.2, 0.25) is 6.04 Å². The second-order valence-electron chi connectivity index (χ2n) is 29.7. The Kier molecular flexibility index (Phi) is 63.1. The lowest BCUT2D eigenvalue weighted by atomic mass is 10.0. The molecule has 0 aliphatic heterocycles. The molecular weight excluding hydrogens is 1210 g/mol. The lowest BCUT2D eigenvalue weighted by molar-refractivity contribution is -0.910. The number of aliphatic hydroxyl groups excluding tert-OH is 6. The van der Waals surface area contributed by atoms with Crippen LogP contribution in [0.4, 0.5) is 0 Å². The van der Waals surface area contributed by atoms with Gasteiger partial charge in [-0.05, 0) is 44.9 Å². The molecule has 0 atom stereocenters. The average Bonchev–Trinajstić information content (AvgIpc) is 0.897. The minimum absolute atomic E-state index is 0.133. The van der Waals surface area contributed by atoms with E-state index in [1.54, 1.807) is 0 Å². The van der Waals surface area contributed by atoms with Gasteiger partial charge in [0, 0.05) is 31.7 Å². The van der Waals surface area contributed by atoms with Crippen molar-refractivity contribution in [1.82, 2.24) is 16.0 Å². The van der Waals surface area contributed by atoms with E-state index in [9.17, 15) is 45.0 Å². The fourth-order valence-corrected chi connectivity index (χ4v) is 15.8. The lowest BCUT2D eigenvalue weighted by Gasteiger charge is -2.41. The molecular formula is C78H159N4O12Si+. The van der Waals surface area contributed by atoms with Gasteiger partial charge in [0.2, 0.25) is 17.7 Å². The van der Waals surface area contributed by atoms with Crippen molar-refractivity contribution >= 4 is 26.5 Å². The van der Waals surface area contributed by atoms with Crippen LogP contribution >= 0.6 is 0 Å². The highest BCUT2D eigenvalue weighted by Crippen LogP contribution is 2.28. The zero-order chi connectivity index (χ0) is 70.1. The van der Waals surface area contributed by atoms with E-state index in [1.807, 2.05) is 0 Å². The summed E-state index contributed by atoms with van der Waals surface area (Å²) in [5.74, 6) is -1.05. The van der Waals surface area contributed by atoms with Crippen molar-refractivity contribution in [3.8, 4) is 0 Å². The molecule has 0 bridgehead atoms. The number of quaternary nitrogens is 1. The van der Waals surface area contributed by atoms with Gasteiger partial charge in [0.25, 0.3) is 0 Å². The van der Waals surface area contributed by atoms with Crippen molar-refractivity contribution in [3.05, 3.63) is 0 Å². The van der Waals surface area contributed by atoms with E-state index in [-0.39, 0.29) is 43.0 Å². The van der Waals surface area contributed by atoms with Crippen LogP contribution in [0.5, 0.6) is 0 Å². The maximum absolute atomic E-state index is 13.9. The third-order valence-corrected chi connectivity index (χ3v) is 22.8. The largest absolute Gasteiger partial charge is 0.501 e. The first-order valence-corrected chi connectivity index (χ1v) is 42.4. The van der Waals surface area contributed by atoms with Crippen LogP contribution in [-0.4, -0.2) is 164 Å². The van der Waals surface area contributed by atoms with Gasteiger partial charge >= 0.3 is 8.80 Å². The molecule has 0 saturated heterocycles. The molecule has 0 saturated carbocycles. The molecule has 3 amide bonds. The molecule has 0 heterocycles. The smallest absolute Gasteiger partial charge is 0.394 e. The number of nitrogens with one attached hydrogen (secondary N) is 3. The molecule has 0 spiro atoms. The first-order valence-electron chi connectivity index (χ1n) is 40.5. The Balaban J connectivity index is 7.17. The van der Waals surface area contributed by atoms with Gasteiger partial charge in [-0.1, -0.05) is 304 Å². The molecule has 95 heavy (non-hydrogen) atoms. The fraction of sp³-hybridized carbons (Fsp3) is 0.962. The molecule has 0 fully saturated rings. The zero-order valence-electron chi connectivity index (χ0n) is 63.2. The van der Waals surface area contributed by atoms with Crippen molar-refractivity contribution in [1.29, 1.82) is 0 Å². The third-order valence-electron chi connectivity index (χ3n) is 20.0. The van der Waals surface area contributed by atoms with Gasteiger partial charge in [0.15, 0.2) is 0 Å². The van der Waals surface area contributed by atoms with E-state index in [2.05, 4.69) is 57.6 Å². The predicted molar refractivity (Wildman–Crippen MR) is 397 cm³/mol. The van der Waals surface area contributed by atoms with Gasteiger partial charge in [0.1, 0.15) is 16.6 Å². The summed E-state index contributed by atoms with van der Waals surface area (Å²) < 4.78 is 21.7. The predicted octanol–water partition coefficient (Wildman–Crippen LogP) is 16.7. The van der Waals surface area contributed by atoms with Crippen molar-refractivity contribution < 1.29 is 62.8 Å². The Morgan fingerprint density at radius 1 is 0.284 bits per heavy atom. The van der Waals surface area contributed by atoms with Crippen LogP contribution in [0.3, 0.4) is 0 Å². The van der Waals surface area contributed by atoms with Gasteiger partial charge in [-0.15, -0.1) is 0 Å². The number of rotatable bonds is 76. The first-order chi connectivity index (χ1) is 46.2. The van der Waals surface area contributed by atoms with E-state index in [0.29, 0.717) is 32.2 Å². The summed E-state index contributed by atoms with van der Waals surface area (Å²) in [5.41, 5.74) is -5.08. The Morgan fingerprint density at radius 2 is 0.463 bits per heavy atom. The summed E-state index contributed by atoms with van der Waals surface area (Å²) in [5, 5.41) is 75.9. The van der Waals surface area contributed by atoms with E-state index >= 15 is 0 Å². The van der Waals surface area contributed by atoms with Crippen LogP contribution in [-0.2, 0) is 27.7 Å². The summed E-state index contributed by atoms with van der Waals surface area (Å²) in [4.78, 5) is 41.5. The quantitative estimate of drug-likeness (QED) is 0.0157. The van der Waals surface area contributed by atoms with E-state index in [4.69, 9.17) is 13.3 Å². The van der Waals surface area contributed by atoms with E-state index in [0.717, 1.165) is 101 Å².